The van der Waals surface area contributed by atoms with Gasteiger partial charge in [0.1, 0.15) is 0 Å². The van der Waals surface area contributed by atoms with Gasteiger partial charge in [0.05, 0.1) is 6.04 Å². The minimum atomic E-state index is -0.241. The molecule has 0 saturated carbocycles. The molecule has 0 fully saturated rings. The van der Waals surface area contributed by atoms with Gasteiger partial charge in [-0.05, 0) is 80.8 Å². The predicted octanol–water partition coefficient (Wildman–Crippen LogP) is 5.76. The van der Waals surface area contributed by atoms with E-state index in [-0.39, 0.29) is 17.5 Å². The third-order valence-electron chi connectivity index (χ3n) is 5.59. The maximum Gasteiger partial charge on any atom is 0.251 e. The fourth-order valence-corrected chi connectivity index (χ4v) is 4.70. The number of benzene rings is 2. The first-order valence-corrected chi connectivity index (χ1v) is 11.1. The Kier molecular flexibility index (Phi) is 5.00. The van der Waals surface area contributed by atoms with Gasteiger partial charge in [0.25, 0.3) is 5.91 Å². The van der Waals surface area contributed by atoms with Gasteiger partial charge in [-0.2, -0.15) is 0 Å². The second-order valence-corrected chi connectivity index (χ2v) is 9.63. The molecule has 0 saturated heterocycles. The van der Waals surface area contributed by atoms with Gasteiger partial charge in [-0.15, -0.1) is 11.8 Å². The molecule has 0 bridgehead atoms. The lowest BCUT2D eigenvalue weighted by Gasteiger charge is -2.38. The molecule has 4 rings (SSSR count). The summed E-state index contributed by atoms with van der Waals surface area (Å²) in [6, 6.07) is 15.3. The van der Waals surface area contributed by atoms with Crippen molar-refractivity contribution in [3.05, 3.63) is 71.3 Å². The molecule has 1 amide bonds. The van der Waals surface area contributed by atoms with E-state index < -0.39 is 0 Å². The van der Waals surface area contributed by atoms with Crippen molar-refractivity contribution >= 4 is 23.4 Å². The zero-order valence-electron chi connectivity index (χ0n) is 17.0. The lowest BCUT2D eigenvalue weighted by molar-refractivity contribution is 0.0919. The highest BCUT2D eigenvalue weighted by Crippen LogP contribution is 2.50. The van der Waals surface area contributed by atoms with E-state index in [0.717, 1.165) is 17.7 Å². The molecule has 2 aromatic carbocycles. The highest BCUT2D eigenvalue weighted by Gasteiger charge is 2.38. The number of thioether (sulfide) groups is 1. The molecule has 2 aromatic rings. The average Bonchev–Trinajstić information content (AvgIpc) is 3.16. The Morgan fingerprint density at radius 3 is 2.57 bits per heavy atom. The normalized spacial score (nSPS) is 22.9. The van der Waals surface area contributed by atoms with Crippen molar-refractivity contribution in [2.45, 2.75) is 49.6 Å². The quantitative estimate of drug-likeness (QED) is 0.515. The highest BCUT2D eigenvalue weighted by atomic mass is 32.2. The Labute approximate surface area is 172 Å². The standard InChI is InChI=1S/C24H28N2OS/c1-24(2,3)26-23(27)16-10-13-21-20(14-16)18-6-5-7-19(18)22(25-21)15-8-11-17(28-4)12-9-15/h5-6,8-14,18-19,22,25H,7H2,1-4H3,(H,26,27). The summed E-state index contributed by atoms with van der Waals surface area (Å²) in [5.41, 5.74) is 4.19. The minimum absolute atomic E-state index is 0.0106. The molecule has 0 aromatic heterocycles. The number of rotatable bonds is 3. The zero-order valence-corrected chi connectivity index (χ0v) is 17.8. The topological polar surface area (TPSA) is 41.1 Å². The number of nitrogens with one attached hydrogen (secondary N) is 2. The van der Waals surface area contributed by atoms with Gasteiger partial charge in [0.2, 0.25) is 0 Å². The summed E-state index contributed by atoms with van der Waals surface area (Å²) in [4.78, 5) is 13.9. The number of carbonyl (C=O) groups excluding carboxylic acids is 1. The van der Waals surface area contributed by atoms with Gasteiger partial charge in [0.15, 0.2) is 0 Å². The summed E-state index contributed by atoms with van der Waals surface area (Å²) in [5, 5.41) is 6.83. The molecule has 1 heterocycles. The molecule has 0 radical (unpaired) electrons. The van der Waals surface area contributed by atoms with Crippen LogP contribution in [0.15, 0.2) is 59.5 Å². The van der Waals surface area contributed by atoms with Crippen LogP contribution in [0.2, 0.25) is 0 Å². The van der Waals surface area contributed by atoms with Crippen LogP contribution >= 0.6 is 11.8 Å². The van der Waals surface area contributed by atoms with E-state index in [1.165, 1.54) is 16.0 Å². The lowest BCUT2D eigenvalue weighted by atomic mass is 9.76. The smallest absolute Gasteiger partial charge is 0.251 e. The maximum absolute atomic E-state index is 12.6. The van der Waals surface area contributed by atoms with E-state index in [1.54, 1.807) is 11.8 Å². The van der Waals surface area contributed by atoms with Gasteiger partial charge in [-0.1, -0.05) is 24.3 Å². The van der Waals surface area contributed by atoms with Crippen molar-refractivity contribution in [1.29, 1.82) is 0 Å². The van der Waals surface area contributed by atoms with Gasteiger partial charge in [-0.25, -0.2) is 0 Å². The summed E-state index contributed by atoms with van der Waals surface area (Å²) in [6.45, 7) is 6.02. The van der Waals surface area contributed by atoms with E-state index >= 15 is 0 Å². The second-order valence-electron chi connectivity index (χ2n) is 8.75. The number of anilines is 1. The Morgan fingerprint density at radius 2 is 1.89 bits per heavy atom. The molecule has 2 N–H and O–H groups in total. The van der Waals surface area contributed by atoms with Gasteiger partial charge >= 0.3 is 0 Å². The summed E-state index contributed by atoms with van der Waals surface area (Å²) >= 11 is 1.77. The first-order valence-electron chi connectivity index (χ1n) is 9.89. The Hall–Kier alpha value is -2.20. The predicted molar refractivity (Wildman–Crippen MR) is 118 cm³/mol. The fourth-order valence-electron chi connectivity index (χ4n) is 4.29. The molecule has 3 unspecified atom stereocenters. The van der Waals surface area contributed by atoms with Crippen LogP contribution in [0.1, 0.15) is 60.6 Å². The number of hydrogen-bond acceptors (Lipinski definition) is 3. The number of fused-ring (bicyclic) bond motifs is 3. The monoisotopic (exact) mass is 392 g/mol. The highest BCUT2D eigenvalue weighted by molar-refractivity contribution is 7.98. The van der Waals surface area contributed by atoms with E-state index in [0.29, 0.717) is 11.8 Å². The minimum Gasteiger partial charge on any atom is -0.378 e. The second kappa shape index (κ2) is 7.32. The number of carbonyl (C=O) groups is 1. The van der Waals surface area contributed by atoms with Crippen LogP contribution in [0, 0.1) is 5.92 Å². The van der Waals surface area contributed by atoms with Crippen LogP contribution in [0.5, 0.6) is 0 Å². The molecule has 28 heavy (non-hydrogen) atoms. The number of amides is 1. The van der Waals surface area contributed by atoms with Gasteiger partial charge in [-0.3, -0.25) is 4.79 Å². The molecule has 2 aliphatic rings. The summed E-state index contributed by atoms with van der Waals surface area (Å²) in [5.74, 6) is 0.820. The summed E-state index contributed by atoms with van der Waals surface area (Å²) in [7, 11) is 0. The molecule has 3 nitrogen and oxygen atoms in total. The van der Waals surface area contributed by atoms with Crippen LogP contribution in [-0.2, 0) is 0 Å². The summed E-state index contributed by atoms with van der Waals surface area (Å²) in [6.07, 6.45) is 7.77. The molecule has 3 atom stereocenters. The van der Waals surface area contributed by atoms with Crippen molar-refractivity contribution in [3.8, 4) is 0 Å². The Morgan fingerprint density at radius 1 is 1.14 bits per heavy atom. The average molecular weight is 393 g/mol. The fraction of sp³-hybridized carbons (Fsp3) is 0.375. The number of allylic oxidation sites excluding steroid dienone is 2. The van der Waals surface area contributed by atoms with Crippen molar-refractivity contribution < 1.29 is 4.79 Å². The van der Waals surface area contributed by atoms with Crippen LogP contribution in [0.4, 0.5) is 5.69 Å². The Balaban J connectivity index is 1.65. The third kappa shape index (κ3) is 3.70. The van der Waals surface area contributed by atoms with Crippen molar-refractivity contribution in [2.75, 3.05) is 11.6 Å². The first-order chi connectivity index (χ1) is 13.4. The van der Waals surface area contributed by atoms with Gasteiger partial charge < -0.3 is 10.6 Å². The lowest BCUT2D eigenvalue weighted by Crippen LogP contribution is -2.40. The first kappa shape index (κ1) is 19.1. The molecule has 0 spiro atoms. The Bertz CT molecular complexity index is 911. The van der Waals surface area contributed by atoms with Crippen molar-refractivity contribution in [1.82, 2.24) is 5.32 Å². The van der Waals surface area contributed by atoms with E-state index in [1.807, 2.05) is 26.8 Å². The molecular formula is C24H28N2OS. The van der Waals surface area contributed by atoms with Crippen LogP contribution in [0.3, 0.4) is 0 Å². The van der Waals surface area contributed by atoms with Gasteiger partial charge in [0, 0.05) is 27.6 Å². The van der Waals surface area contributed by atoms with Crippen LogP contribution < -0.4 is 10.6 Å². The van der Waals surface area contributed by atoms with Crippen LogP contribution in [0.25, 0.3) is 0 Å². The van der Waals surface area contributed by atoms with E-state index in [9.17, 15) is 4.79 Å². The van der Waals surface area contributed by atoms with Crippen LogP contribution in [-0.4, -0.2) is 17.7 Å². The molecule has 1 aliphatic heterocycles. The molecule has 1 aliphatic carbocycles. The van der Waals surface area contributed by atoms with E-state index in [2.05, 4.69) is 65.4 Å². The largest absolute Gasteiger partial charge is 0.378 e. The zero-order chi connectivity index (χ0) is 19.9. The maximum atomic E-state index is 12.6. The summed E-state index contributed by atoms with van der Waals surface area (Å²) < 4.78 is 0. The molecule has 146 valence electrons. The SMILES string of the molecule is CSc1ccc(C2Nc3ccc(C(=O)NC(C)(C)C)cc3C3C=CCC32)cc1. The third-order valence-corrected chi connectivity index (χ3v) is 6.33. The number of hydrogen-bond donors (Lipinski definition) is 2. The van der Waals surface area contributed by atoms with Crippen molar-refractivity contribution in [3.63, 3.8) is 0 Å². The molecular weight excluding hydrogens is 364 g/mol. The van der Waals surface area contributed by atoms with E-state index in [4.69, 9.17) is 0 Å². The molecule has 4 heteroatoms. The van der Waals surface area contributed by atoms with Crippen molar-refractivity contribution in [2.24, 2.45) is 5.92 Å².